The molecular formula is C12H9Cl2NO2S2. The lowest BCUT2D eigenvalue weighted by Gasteiger charge is -2.09. The Bertz CT molecular complexity index is 578. The van der Waals surface area contributed by atoms with Gasteiger partial charge in [-0.3, -0.25) is 9.69 Å². The zero-order chi connectivity index (χ0) is 14.2. The van der Waals surface area contributed by atoms with Crippen LogP contribution < -0.4 is 0 Å². The highest BCUT2D eigenvalue weighted by atomic mass is 35.5. The molecule has 1 aliphatic rings. The molecule has 19 heavy (non-hydrogen) atoms. The van der Waals surface area contributed by atoms with Gasteiger partial charge in [0.1, 0.15) is 4.32 Å². The number of likely N-dealkylation sites (N-methyl/N-ethyl adjacent to an activating group) is 1. The number of hydrogen-bond donors (Lipinski definition) is 1. The molecule has 3 nitrogen and oxygen atoms in total. The van der Waals surface area contributed by atoms with Crippen LogP contribution in [0, 0.1) is 0 Å². The lowest BCUT2D eigenvalue weighted by atomic mass is 10.2. The molecule has 0 bridgehead atoms. The number of phenolic OH excluding ortho intramolecular Hbond substituents is 1. The molecule has 0 radical (unpaired) electrons. The summed E-state index contributed by atoms with van der Waals surface area (Å²) in [5.74, 6) is -0.292. The lowest BCUT2D eigenvalue weighted by Crippen LogP contribution is -2.27. The van der Waals surface area contributed by atoms with E-state index in [0.717, 1.165) is 0 Å². The molecule has 1 aromatic rings. The van der Waals surface area contributed by atoms with Gasteiger partial charge in [0.05, 0.1) is 15.0 Å². The first-order valence-electron chi connectivity index (χ1n) is 5.37. The van der Waals surface area contributed by atoms with Crippen LogP contribution in [-0.4, -0.2) is 26.8 Å². The Labute approximate surface area is 130 Å². The van der Waals surface area contributed by atoms with Crippen molar-refractivity contribution in [2.75, 3.05) is 6.54 Å². The first-order valence-corrected chi connectivity index (χ1v) is 7.35. The summed E-state index contributed by atoms with van der Waals surface area (Å²) in [6, 6.07) is 3.09. The average molecular weight is 334 g/mol. The van der Waals surface area contributed by atoms with Crippen molar-refractivity contribution in [1.29, 1.82) is 0 Å². The van der Waals surface area contributed by atoms with Gasteiger partial charge in [0, 0.05) is 6.54 Å². The predicted octanol–water partition coefficient (Wildman–Crippen LogP) is 3.92. The van der Waals surface area contributed by atoms with Crippen molar-refractivity contribution in [3.8, 4) is 5.75 Å². The molecular weight excluding hydrogens is 325 g/mol. The Morgan fingerprint density at radius 2 is 2.00 bits per heavy atom. The van der Waals surface area contributed by atoms with Crippen molar-refractivity contribution in [3.05, 3.63) is 32.6 Å². The number of carbonyl (C=O) groups is 1. The number of amides is 1. The Kier molecular flexibility index (Phi) is 4.40. The van der Waals surface area contributed by atoms with E-state index in [1.54, 1.807) is 18.2 Å². The second-order valence-electron chi connectivity index (χ2n) is 3.76. The van der Waals surface area contributed by atoms with E-state index >= 15 is 0 Å². The standard InChI is InChI=1S/C12H9Cl2NO2S2/c1-2-15-11(17)9(19-12(15)18)5-6-3-7(13)10(16)8(14)4-6/h3-5,16H,2H2,1H3/b9-5-. The maximum atomic E-state index is 12.0. The number of thiocarbonyl (C=S) groups is 1. The van der Waals surface area contributed by atoms with Crippen LogP contribution in [0.3, 0.4) is 0 Å². The summed E-state index contributed by atoms with van der Waals surface area (Å²) in [5.41, 5.74) is 0.643. The minimum absolute atomic E-state index is 0.127. The molecule has 100 valence electrons. The van der Waals surface area contributed by atoms with Gasteiger partial charge in [0.2, 0.25) is 0 Å². The molecule has 0 aromatic heterocycles. The first kappa shape index (κ1) is 14.7. The van der Waals surface area contributed by atoms with Crippen LogP contribution in [0.4, 0.5) is 0 Å². The van der Waals surface area contributed by atoms with Gasteiger partial charge in [-0.05, 0) is 30.7 Å². The number of halogens is 2. The topological polar surface area (TPSA) is 40.5 Å². The third-order valence-electron chi connectivity index (χ3n) is 2.53. The van der Waals surface area contributed by atoms with Crippen LogP contribution >= 0.6 is 47.2 Å². The summed E-state index contributed by atoms with van der Waals surface area (Å²) in [6.45, 7) is 2.40. The van der Waals surface area contributed by atoms with E-state index in [1.165, 1.54) is 16.7 Å². The number of aromatic hydroxyl groups is 1. The average Bonchev–Trinajstić information content (AvgIpc) is 2.61. The number of rotatable bonds is 2. The van der Waals surface area contributed by atoms with Crippen LogP contribution in [0.1, 0.15) is 12.5 Å². The van der Waals surface area contributed by atoms with Gasteiger partial charge in [-0.1, -0.05) is 47.2 Å². The summed E-state index contributed by atoms with van der Waals surface area (Å²) in [6.07, 6.45) is 1.66. The van der Waals surface area contributed by atoms with Gasteiger partial charge < -0.3 is 5.11 Å². The molecule has 1 N–H and O–H groups in total. The molecule has 1 amide bonds. The van der Waals surface area contributed by atoms with Gasteiger partial charge in [0.25, 0.3) is 5.91 Å². The number of nitrogens with zero attached hydrogens (tertiary/aromatic N) is 1. The van der Waals surface area contributed by atoms with Crippen LogP contribution in [0.15, 0.2) is 17.0 Å². The van der Waals surface area contributed by atoms with E-state index in [1.807, 2.05) is 6.92 Å². The van der Waals surface area contributed by atoms with E-state index in [-0.39, 0.29) is 21.7 Å². The fourth-order valence-electron chi connectivity index (χ4n) is 1.59. The minimum Gasteiger partial charge on any atom is -0.505 e. The quantitative estimate of drug-likeness (QED) is 0.657. The van der Waals surface area contributed by atoms with Gasteiger partial charge in [0.15, 0.2) is 5.75 Å². The Morgan fingerprint density at radius 1 is 1.42 bits per heavy atom. The van der Waals surface area contributed by atoms with E-state index < -0.39 is 0 Å². The highest BCUT2D eigenvalue weighted by molar-refractivity contribution is 8.26. The van der Waals surface area contributed by atoms with Crippen LogP contribution in [0.25, 0.3) is 6.08 Å². The zero-order valence-corrected chi connectivity index (χ0v) is 13.0. The number of hydrogen-bond acceptors (Lipinski definition) is 4. The summed E-state index contributed by atoms with van der Waals surface area (Å²) >= 11 is 18.0. The molecule has 2 rings (SSSR count). The zero-order valence-electron chi connectivity index (χ0n) is 9.81. The van der Waals surface area contributed by atoms with Gasteiger partial charge in [-0.25, -0.2) is 0 Å². The fourth-order valence-corrected chi connectivity index (χ4v) is 3.48. The number of carbonyl (C=O) groups excluding carboxylic acids is 1. The first-order chi connectivity index (χ1) is 8.93. The van der Waals surface area contributed by atoms with Gasteiger partial charge in [-0.15, -0.1) is 0 Å². The van der Waals surface area contributed by atoms with Crippen LogP contribution in [0.5, 0.6) is 5.75 Å². The molecule has 0 unspecified atom stereocenters. The normalized spacial score (nSPS) is 17.6. The number of thioether (sulfide) groups is 1. The second kappa shape index (κ2) is 5.71. The molecule has 1 aliphatic heterocycles. The van der Waals surface area contributed by atoms with Crippen LogP contribution in [-0.2, 0) is 4.79 Å². The Hall–Kier alpha value is -0.750. The molecule has 7 heteroatoms. The lowest BCUT2D eigenvalue weighted by molar-refractivity contribution is -0.121. The van der Waals surface area contributed by atoms with Crippen molar-refractivity contribution in [2.24, 2.45) is 0 Å². The van der Waals surface area contributed by atoms with Crippen molar-refractivity contribution in [1.82, 2.24) is 4.90 Å². The van der Waals surface area contributed by atoms with Gasteiger partial charge >= 0.3 is 0 Å². The number of benzene rings is 1. The molecule has 0 atom stereocenters. The minimum atomic E-state index is -0.165. The van der Waals surface area contributed by atoms with Crippen molar-refractivity contribution in [2.45, 2.75) is 6.92 Å². The van der Waals surface area contributed by atoms with E-state index in [4.69, 9.17) is 35.4 Å². The molecule has 1 heterocycles. The smallest absolute Gasteiger partial charge is 0.266 e. The summed E-state index contributed by atoms with van der Waals surface area (Å²) in [7, 11) is 0. The van der Waals surface area contributed by atoms with E-state index in [0.29, 0.717) is 21.3 Å². The van der Waals surface area contributed by atoms with Crippen LogP contribution in [0.2, 0.25) is 10.0 Å². The molecule has 0 spiro atoms. The second-order valence-corrected chi connectivity index (χ2v) is 6.25. The van der Waals surface area contributed by atoms with E-state index in [9.17, 15) is 9.90 Å². The number of phenols is 1. The highest BCUT2D eigenvalue weighted by Gasteiger charge is 2.30. The summed E-state index contributed by atoms with van der Waals surface area (Å²) < 4.78 is 0.537. The van der Waals surface area contributed by atoms with Gasteiger partial charge in [-0.2, -0.15) is 0 Å². The predicted molar refractivity (Wildman–Crippen MR) is 83.7 cm³/mol. The van der Waals surface area contributed by atoms with Crippen molar-refractivity contribution in [3.63, 3.8) is 0 Å². The molecule has 0 aliphatic carbocycles. The van der Waals surface area contributed by atoms with Crippen molar-refractivity contribution >= 4 is 63.5 Å². The molecule has 1 fully saturated rings. The maximum Gasteiger partial charge on any atom is 0.266 e. The molecule has 1 aromatic carbocycles. The fraction of sp³-hybridized carbons (Fsp3) is 0.167. The summed E-state index contributed by atoms with van der Waals surface area (Å²) in [4.78, 5) is 14.1. The maximum absolute atomic E-state index is 12.0. The summed E-state index contributed by atoms with van der Waals surface area (Å²) in [5, 5.41) is 9.77. The third kappa shape index (κ3) is 2.89. The largest absolute Gasteiger partial charge is 0.505 e. The molecule has 1 saturated heterocycles. The Balaban J connectivity index is 2.38. The molecule has 0 saturated carbocycles. The monoisotopic (exact) mass is 333 g/mol. The van der Waals surface area contributed by atoms with E-state index in [2.05, 4.69) is 0 Å². The SMILES string of the molecule is CCN1C(=O)/C(=C/c2cc(Cl)c(O)c(Cl)c2)SC1=S. The third-order valence-corrected chi connectivity index (χ3v) is 4.48. The Morgan fingerprint density at radius 3 is 2.47 bits per heavy atom. The van der Waals surface area contributed by atoms with Crippen molar-refractivity contribution < 1.29 is 9.90 Å². The highest BCUT2D eigenvalue weighted by Crippen LogP contribution is 2.36.